The molecule has 18 heavy (non-hydrogen) atoms. The number of hydrogen-bond donors (Lipinski definition) is 1. The fourth-order valence-corrected chi connectivity index (χ4v) is 2.90. The van der Waals surface area contributed by atoms with Crippen molar-refractivity contribution in [2.24, 2.45) is 0 Å². The van der Waals surface area contributed by atoms with Gasteiger partial charge in [0, 0.05) is 22.9 Å². The molecule has 0 bridgehead atoms. The van der Waals surface area contributed by atoms with Crippen LogP contribution in [0.2, 0.25) is 0 Å². The number of nitrogens with one attached hydrogen (secondary N) is 1. The maximum atomic E-state index is 5.69. The van der Waals surface area contributed by atoms with Crippen LogP contribution in [-0.4, -0.2) is 24.2 Å². The number of hydrogen-bond acceptors (Lipinski definition) is 3. The predicted octanol–water partition coefficient (Wildman–Crippen LogP) is 3.63. The van der Waals surface area contributed by atoms with Gasteiger partial charge in [0.05, 0.1) is 6.61 Å². The second-order valence-electron chi connectivity index (χ2n) is 4.96. The second kappa shape index (κ2) is 5.98. The van der Waals surface area contributed by atoms with Crippen LogP contribution in [0.4, 0.5) is 0 Å². The Labute approximate surface area is 114 Å². The van der Waals surface area contributed by atoms with Crippen LogP contribution in [0.15, 0.2) is 24.3 Å². The molecule has 1 atom stereocenters. The van der Waals surface area contributed by atoms with Crippen molar-refractivity contribution in [3.8, 4) is 5.75 Å². The van der Waals surface area contributed by atoms with Gasteiger partial charge in [-0.1, -0.05) is 18.2 Å². The second-order valence-corrected chi connectivity index (χ2v) is 6.23. The number of thioether (sulfide) groups is 1. The highest BCUT2D eigenvalue weighted by atomic mass is 32.2. The van der Waals surface area contributed by atoms with Crippen molar-refractivity contribution in [3.05, 3.63) is 29.8 Å². The van der Waals surface area contributed by atoms with Gasteiger partial charge in [0.15, 0.2) is 0 Å². The van der Waals surface area contributed by atoms with E-state index in [4.69, 9.17) is 4.74 Å². The van der Waals surface area contributed by atoms with Crippen molar-refractivity contribution < 1.29 is 4.74 Å². The van der Waals surface area contributed by atoms with Gasteiger partial charge in [0.1, 0.15) is 5.75 Å². The first-order valence-electron chi connectivity index (χ1n) is 6.71. The molecule has 2 rings (SSSR count). The maximum absolute atomic E-state index is 5.69. The van der Waals surface area contributed by atoms with E-state index in [2.05, 4.69) is 36.7 Å². The maximum Gasteiger partial charge on any atom is 0.124 e. The molecule has 2 nitrogen and oxygen atoms in total. The first kappa shape index (κ1) is 13.8. The lowest BCUT2D eigenvalue weighted by atomic mass is 10.1. The van der Waals surface area contributed by atoms with E-state index in [9.17, 15) is 0 Å². The summed E-state index contributed by atoms with van der Waals surface area (Å²) in [5.41, 5.74) is 1.26. The first-order valence-corrected chi connectivity index (χ1v) is 7.93. The summed E-state index contributed by atoms with van der Waals surface area (Å²) in [4.78, 5) is 0. The SMILES string of the molecule is CCOc1ccccc1C(C)NCC1(SC)CC1. The Morgan fingerprint density at radius 1 is 1.39 bits per heavy atom. The third kappa shape index (κ3) is 3.21. The van der Waals surface area contributed by atoms with E-state index in [0.717, 1.165) is 18.9 Å². The third-order valence-electron chi connectivity index (χ3n) is 3.66. The van der Waals surface area contributed by atoms with Crippen LogP contribution >= 0.6 is 11.8 Å². The minimum Gasteiger partial charge on any atom is -0.494 e. The highest BCUT2D eigenvalue weighted by Gasteiger charge is 2.41. The quantitative estimate of drug-likeness (QED) is 0.813. The van der Waals surface area contributed by atoms with E-state index in [1.165, 1.54) is 18.4 Å². The Morgan fingerprint density at radius 3 is 2.72 bits per heavy atom. The van der Waals surface area contributed by atoms with Gasteiger partial charge in [-0.2, -0.15) is 11.8 Å². The number of para-hydroxylation sites is 1. The molecule has 0 amide bonds. The van der Waals surface area contributed by atoms with Gasteiger partial charge in [0.2, 0.25) is 0 Å². The molecule has 0 aliphatic heterocycles. The molecule has 0 radical (unpaired) electrons. The van der Waals surface area contributed by atoms with Gasteiger partial charge in [-0.25, -0.2) is 0 Å². The lowest BCUT2D eigenvalue weighted by molar-refractivity contribution is 0.332. The number of ether oxygens (including phenoxy) is 1. The Kier molecular flexibility index (Phi) is 4.57. The summed E-state index contributed by atoms with van der Waals surface area (Å²) >= 11 is 2.00. The van der Waals surface area contributed by atoms with E-state index >= 15 is 0 Å². The Hall–Kier alpha value is -0.670. The molecular formula is C15H23NOS. The zero-order valence-electron chi connectivity index (χ0n) is 11.5. The average Bonchev–Trinajstić information content (AvgIpc) is 3.18. The van der Waals surface area contributed by atoms with Crippen LogP contribution in [0, 0.1) is 0 Å². The predicted molar refractivity (Wildman–Crippen MR) is 79.5 cm³/mol. The Bertz CT molecular complexity index is 390. The van der Waals surface area contributed by atoms with Gasteiger partial charge >= 0.3 is 0 Å². The fourth-order valence-electron chi connectivity index (χ4n) is 2.17. The van der Waals surface area contributed by atoms with Crippen LogP contribution in [0.3, 0.4) is 0 Å². The summed E-state index contributed by atoms with van der Waals surface area (Å²) < 4.78 is 6.20. The van der Waals surface area contributed by atoms with Crippen molar-refractivity contribution in [1.29, 1.82) is 0 Å². The Morgan fingerprint density at radius 2 is 2.11 bits per heavy atom. The van der Waals surface area contributed by atoms with Gasteiger partial charge < -0.3 is 10.1 Å². The first-order chi connectivity index (χ1) is 8.71. The Balaban J connectivity index is 1.97. The fraction of sp³-hybridized carbons (Fsp3) is 0.600. The monoisotopic (exact) mass is 265 g/mol. The summed E-state index contributed by atoms with van der Waals surface area (Å²) in [5.74, 6) is 1.01. The number of rotatable bonds is 7. The summed E-state index contributed by atoms with van der Waals surface area (Å²) in [5, 5.41) is 3.65. The molecule has 1 aliphatic rings. The molecule has 1 aromatic rings. The van der Waals surface area contributed by atoms with E-state index in [1.54, 1.807) is 0 Å². The molecule has 1 fully saturated rings. The lowest BCUT2D eigenvalue weighted by Crippen LogP contribution is -2.28. The van der Waals surface area contributed by atoms with Crippen LogP contribution in [0.25, 0.3) is 0 Å². The standard InChI is InChI=1S/C15H23NOS/c1-4-17-14-8-6-5-7-13(14)12(2)16-11-15(18-3)9-10-15/h5-8,12,16H,4,9-11H2,1-3H3. The summed E-state index contributed by atoms with van der Waals surface area (Å²) in [6.45, 7) is 6.06. The molecule has 100 valence electrons. The smallest absolute Gasteiger partial charge is 0.124 e. The average molecular weight is 265 g/mol. The van der Waals surface area contributed by atoms with Gasteiger partial charge in [-0.15, -0.1) is 0 Å². The minimum absolute atomic E-state index is 0.345. The van der Waals surface area contributed by atoms with Gasteiger partial charge in [-0.3, -0.25) is 0 Å². The molecule has 0 saturated heterocycles. The van der Waals surface area contributed by atoms with E-state index < -0.39 is 0 Å². The van der Waals surface area contributed by atoms with E-state index in [-0.39, 0.29) is 0 Å². The van der Waals surface area contributed by atoms with E-state index in [1.807, 2.05) is 24.8 Å². The molecule has 1 aromatic carbocycles. The van der Waals surface area contributed by atoms with Crippen molar-refractivity contribution >= 4 is 11.8 Å². The normalized spacial score (nSPS) is 18.4. The topological polar surface area (TPSA) is 21.3 Å². The molecule has 1 N–H and O–H groups in total. The minimum atomic E-state index is 0.345. The molecule has 0 heterocycles. The summed E-state index contributed by atoms with van der Waals surface area (Å²) in [6.07, 6.45) is 4.91. The largest absolute Gasteiger partial charge is 0.494 e. The van der Waals surface area contributed by atoms with Crippen LogP contribution in [0.1, 0.15) is 38.3 Å². The van der Waals surface area contributed by atoms with Gasteiger partial charge in [0.25, 0.3) is 0 Å². The molecular weight excluding hydrogens is 242 g/mol. The highest BCUT2D eigenvalue weighted by molar-refractivity contribution is 8.00. The molecule has 1 saturated carbocycles. The summed E-state index contributed by atoms with van der Waals surface area (Å²) in [6, 6.07) is 8.67. The van der Waals surface area contributed by atoms with Crippen LogP contribution < -0.4 is 10.1 Å². The molecule has 0 aromatic heterocycles. The van der Waals surface area contributed by atoms with Crippen molar-refractivity contribution in [2.75, 3.05) is 19.4 Å². The van der Waals surface area contributed by atoms with Gasteiger partial charge in [-0.05, 0) is 39.0 Å². The molecule has 1 unspecified atom stereocenters. The number of benzene rings is 1. The van der Waals surface area contributed by atoms with Crippen molar-refractivity contribution in [3.63, 3.8) is 0 Å². The molecule has 0 spiro atoms. The zero-order valence-corrected chi connectivity index (χ0v) is 12.3. The van der Waals surface area contributed by atoms with Crippen molar-refractivity contribution in [2.45, 2.75) is 37.5 Å². The lowest BCUT2D eigenvalue weighted by Gasteiger charge is -2.21. The van der Waals surface area contributed by atoms with E-state index in [0.29, 0.717) is 10.8 Å². The molecule has 3 heteroatoms. The van der Waals surface area contributed by atoms with Crippen LogP contribution in [0.5, 0.6) is 5.75 Å². The third-order valence-corrected chi connectivity index (χ3v) is 5.08. The molecule has 1 aliphatic carbocycles. The zero-order chi connectivity index (χ0) is 13.0. The van der Waals surface area contributed by atoms with Crippen LogP contribution in [-0.2, 0) is 0 Å². The highest BCUT2D eigenvalue weighted by Crippen LogP contribution is 2.46. The van der Waals surface area contributed by atoms with Crippen molar-refractivity contribution in [1.82, 2.24) is 5.32 Å². The summed E-state index contributed by atoms with van der Waals surface area (Å²) in [7, 11) is 0.